The number of hydrogen-bond donors (Lipinski definition) is 2. The molecule has 2 N–H and O–H groups in total. The maximum Gasteiger partial charge on any atom is 0.246 e. The third-order valence-corrected chi connectivity index (χ3v) is 1.26. The minimum Gasteiger partial charge on any atom is -0.396 e. The maximum absolute atomic E-state index is 10.8. The highest BCUT2D eigenvalue weighted by molar-refractivity contribution is 5.91. The molecule has 0 aliphatic rings. The molecule has 0 aromatic heterocycles. The van der Waals surface area contributed by atoms with Gasteiger partial charge in [-0.3, -0.25) is 4.79 Å². The third kappa shape index (κ3) is 5.61. The van der Waals surface area contributed by atoms with Crippen LogP contribution in [0.1, 0.15) is 19.8 Å². The molecule has 0 radical (unpaired) electrons. The van der Waals surface area contributed by atoms with E-state index in [0.717, 1.165) is 12.8 Å². The van der Waals surface area contributed by atoms with Crippen LogP contribution in [-0.4, -0.2) is 24.2 Å². The van der Waals surface area contributed by atoms with Crippen LogP contribution in [0.25, 0.3) is 0 Å². The number of aliphatic hydroxyl groups is 1. The van der Waals surface area contributed by atoms with E-state index in [2.05, 4.69) is 11.9 Å². The molecule has 64 valence electrons. The highest BCUT2D eigenvalue weighted by Gasteiger charge is 1.98. The van der Waals surface area contributed by atoms with Crippen molar-refractivity contribution in [2.45, 2.75) is 19.8 Å². The number of carbonyl (C=O) groups is 1. The molecule has 0 saturated carbocycles. The van der Waals surface area contributed by atoms with Crippen molar-refractivity contribution in [1.82, 2.24) is 5.32 Å². The Kier molecular flexibility index (Phi) is 5.47. The van der Waals surface area contributed by atoms with Crippen molar-refractivity contribution in [3.63, 3.8) is 0 Å². The van der Waals surface area contributed by atoms with Crippen molar-refractivity contribution in [3.8, 4) is 0 Å². The largest absolute Gasteiger partial charge is 0.396 e. The van der Waals surface area contributed by atoms with Crippen LogP contribution in [0.2, 0.25) is 0 Å². The lowest BCUT2D eigenvalue weighted by atomic mass is 10.3. The van der Waals surface area contributed by atoms with E-state index in [4.69, 9.17) is 5.11 Å². The molecular formula is C8H15NO2. The summed E-state index contributed by atoms with van der Waals surface area (Å²) in [6.45, 7) is 5.96. The van der Waals surface area contributed by atoms with Gasteiger partial charge in [0.2, 0.25) is 5.91 Å². The van der Waals surface area contributed by atoms with Crippen LogP contribution < -0.4 is 5.32 Å². The average molecular weight is 157 g/mol. The predicted octanol–water partition coefficient (Wildman–Crippen LogP) is 0.451. The van der Waals surface area contributed by atoms with E-state index in [0.29, 0.717) is 12.1 Å². The van der Waals surface area contributed by atoms with Crippen molar-refractivity contribution in [2.24, 2.45) is 0 Å². The first-order valence-corrected chi connectivity index (χ1v) is 3.73. The van der Waals surface area contributed by atoms with Crippen molar-refractivity contribution in [1.29, 1.82) is 0 Å². The molecule has 1 amide bonds. The summed E-state index contributed by atoms with van der Waals surface area (Å²) in [4.78, 5) is 10.8. The minimum absolute atomic E-state index is 0.108. The number of amides is 1. The zero-order valence-electron chi connectivity index (χ0n) is 6.89. The van der Waals surface area contributed by atoms with E-state index < -0.39 is 0 Å². The zero-order chi connectivity index (χ0) is 8.69. The second kappa shape index (κ2) is 5.92. The molecule has 0 aromatic carbocycles. The topological polar surface area (TPSA) is 49.3 Å². The first-order valence-electron chi connectivity index (χ1n) is 3.73. The SMILES string of the molecule is C=C(C)C(=O)NCCCCO. The van der Waals surface area contributed by atoms with Gasteiger partial charge in [0.25, 0.3) is 0 Å². The fourth-order valence-electron chi connectivity index (χ4n) is 0.590. The normalized spacial score (nSPS) is 9.27. The molecule has 3 heteroatoms. The molecule has 0 heterocycles. The molecular weight excluding hydrogens is 142 g/mol. The standard InChI is InChI=1S/C8H15NO2/c1-7(2)8(11)9-5-3-4-6-10/h10H,1,3-6H2,2H3,(H,9,11). The quantitative estimate of drug-likeness (QED) is 0.449. The molecule has 0 aliphatic carbocycles. The zero-order valence-corrected chi connectivity index (χ0v) is 6.89. The lowest BCUT2D eigenvalue weighted by Crippen LogP contribution is -2.24. The van der Waals surface area contributed by atoms with Crippen molar-refractivity contribution in [2.75, 3.05) is 13.2 Å². The summed E-state index contributed by atoms with van der Waals surface area (Å²) in [5.74, 6) is -0.108. The van der Waals surface area contributed by atoms with Crippen LogP contribution in [0.4, 0.5) is 0 Å². The molecule has 0 spiro atoms. The molecule has 0 unspecified atom stereocenters. The number of hydrogen-bond acceptors (Lipinski definition) is 2. The van der Waals surface area contributed by atoms with Gasteiger partial charge in [0.15, 0.2) is 0 Å². The highest BCUT2D eigenvalue weighted by atomic mass is 16.2. The molecule has 0 fully saturated rings. The summed E-state index contributed by atoms with van der Waals surface area (Å²) in [7, 11) is 0. The monoisotopic (exact) mass is 157 g/mol. The summed E-state index contributed by atoms with van der Waals surface area (Å²) < 4.78 is 0. The third-order valence-electron chi connectivity index (χ3n) is 1.26. The van der Waals surface area contributed by atoms with Gasteiger partial charge in [-0.05, 0) is 19.8 Å². The van der Waals surface area contributed by atoms with Gasteiger partial charge in [-0.15, -0.1) is 0 Å². The Morgan fingerprint density at radius 1 is 1.55 bits per heavy atom. The Morgan fingerprint density at radius 3 is 2.64 bits per heavy atom. The Hall–Kier alpha value is -0.830. The van der Waals surface area contributed by atoms with E-state index in [1.165, 1.54) is 0 Å². The van der Waals surface area contributed by atoms with Crippen LogP contribution in [0.15, 0.2) is 12.2 Å². The number of aliphatic hydroxyl groups excluding tert-OH is 1. The molecule has 3 nitrogen and oxygen atoms in total. The summed E-state index contributed by atoms with van der Waals surface area (Å²) in [6.07, 6.45) is 1.55. The molecule has 0 aliphatic heterocycles. The lowest BCUT2D eigenvalue weighted by Gasteiger charge is -2.02. The van der Waals surface area contributed by atoms with Crippen LogP contribution in [0.3, 0.4) is 0 Å². The van der Waals surface area contributed by atoms with Gasteiger partial charge in [0.05, 0.1) is 0 Å². The van der Waals surface area contributed by atoms with Gasteiger partial charge in [0.1, 0.15) is 0 Å². The smallest absolute Gasteiger partial charge is 0.246 e. The fraction of sp³-hybridized carbons (Fsp3) is 0.625. The second-order valence-electron chi connectivity index (χ2n) is 2.47. The second-order valence-corrected chi connectivity index (χ2v) is 2.47. The van der Waals surface area contributed by atoms with Gasteiger partial charge < -0.3 is 10.4 Å². The Bertz CT molecular complexity index is 143. The van der Waals surface area contributed by atoms with E-state index in [9.17, 15) is 4.79 Å². The minimum atomic E-state index is -0.108. The van der Waals surface area contributed by atoms with Gasteiger partial charge in [-0.1, -0.05) is 6.58 Å². The van der Waals surface area contributed by atoms with Crippen LogP contribution in [0, 0.1) is 0 Å². The molecule has 11 heavy (non-hydrogen) atoms. The van der Waals surface area contributed by atoms with Crippen LogP contribution in [-0.2, 0) is 4.79 Å². The molecule has 0 aromatic rings. The first kappa shape index (κ1) is 10.2. The molecule has 0 atom stereocenters. The number of carbonyl (C=O) groups excluding carboxylic acids is 1. The number of unbranched alkanes of at least 4 members (excludes halogenated alkanes) is 1. The van der Waals surface area contributed by atoms with Gasteiger partial charge in [-0.25, -0.2) is 0 Å². The van der Waals surface area contributed by atoms with E-state index in [1.54, 1.807) is 6.92 Å². The van der Waals surface area contributed by atoms with Gasteiger partial charge in [-0.2, -0.15) is 0 Å². The Balaban J connectivity index is 3.25. The average Bonchev–Trinajstić information content (AvgIpc) is 1.97. The van der Waals surface area contributed by atoms with E-state index in [1.807, 2.05) is 0 Å². The number of rotatable bonds is 5. The maximum atomic E-state index is 10.8. The summed E-state index contributed by atoms with van der Waals surface area (Å²) in [5.41, 5.74) is 0.522. The van der Waals surface area contributed by atoms with E-state index >= 15 is 0 Å². The fourth-order valence-corrected chi connectivity index (χ4v) is 0.590. The van der Waals surface area contributed by atoms with Crippen molar-refractivity contribution >= 4 is 5.91 Å². The van der Waals surface area contributed by atoms with Crippen LogP contribution >= 0.6 is 0 Å². The van der Waals surface area contributed by atoms with Crippen molar-refractivity contribution < 1.29 is 9.90 Å². The Labute approximate surface area is 67.1 Å². The van der Waals surface area contributed by atoms with Crippen LogP contribution in [0.5, 0.6) is 0 Å². The Morgan fingerprint density at radius 2 is 2.18 bits per heavy atom. The predicted molar refractivity (Wildman–Crippen MR) is 44.1 cm³/mol. The lowest BCUT2D eigenvalue weighted by molar-refractivity contribution is -0.117. The summed E-state index contributed by atoms with van der Waals surface area (Å²) in [5, 5.41) is 11.1. The van der Waals surface area contributed by atoms with E-state index in [-0.39, 0.29) is 12.5 Å². The highest BCUT2D eigenvalue weighted by Crippen LogP contribution is 1.88. The summed E-state index contributed by atoms with van der Waals surface area (Å²) >= 11 is 0. The molecule has 0 rings (SSSR count). The molecule has 0 bridgehead atoms. The first-order chi connectivity index (χ1) is 5.18. The summed E-state index contributed by atoms with van der Waals surface area (Å²) in [6, 6.07) is 0. The van der Waals surface area contributed by atoms with Gasteiger partial charge in [0, 0.05) is 18.7 Å². The van der Waals surface area contributed by atoms with Crippen molar-refractivity contribution in [3.05, 3.63) is 12.2 Å². The van der Waals surface area contributed by atoms with Gasteiger partial charge >= 0.3 is 0 Å². The molecule has 0 saturated heterocycles. The number of nitrogens with one attached hydrogen (secondary N) is 1.